The van der Waals surface area contributed by atoms with Crippen molar-refractivity contribution in [2.75, 3.05) is 6.26 Å². The van der Waals surface area contributed by atoms with Crippen LogP contribution in [0.2, 0.25) is 0 Å². The molecule has 7 nitrogen and oxygen atoms in total. The van der Waals surface area contributed by atoms with E-state index in [0.717, 1.165) is 19.1 Å². The third-order valence-corrected chi connectivity index (χ3v) is 3.72. The monoisotopic (exact) mass is 287 g/mol. The predicted octanol–water partition coefficient (Wildman–Crippen LogP) is 0.696. The summed E-state index contributed by atoms with van der Waals surface area (Å²) in [5, 5.41) is 9.64. The normalized spacial score (nSPS) is 17.5. The summed E-state index contributed by atoms with van der Waals surface area (Å²) in [6.07, 6.45) is 2.79. The molecule has 1 fully saturated rings. The summed E-state index contributed by atoms with van der Waals surface area (Å²) in [7, 11) is -3.53. The lowest BCUT2D eigenvalue weighted by atomic mass is 10.0. The van der Waals surface area contributed by atoms with Gasteiger partial charge in [0.15, 0.2) is 0 Å². The zero-order chi connectivity index (χ0) is 14.2. The third kappa shape index (κ3) is 3.31. The fraction of sp³-hybridized carbons (Fsp3) is 0.727. The summed E-state index contributed by atoms with van der Waals surface area (Å²) in [6.45, 7) is 3.78. The van der Waals surface area contributed by atoms with E-state index in [1.165, 1.54) is 0 Å². The molecule has 1 saturated carbocycles. The molecule has 1 N–H and O–H groups in total. The maximum Gasteiger partial charge on any atom is 0.335 e. The molecule has 2 rings (SSSR count). The van der Waals surface area contributed by atoms with E-state index in [1.807, 2.05) is 13.8 Å². The van der Waals surface area contributed by atoms with Crippen molar-refractivity contribution in [3.8, 4) is 0 Å². The Morgan fingerprint density at radius 3 is 2.42 bits per heavy atom. The van der Waals surface area contributed by atoms with Gasteiger partial charge in [-0.1, -0.05) is 18.9 Å². The minimum Gasteiger partial charge on any atom is -0.410 e. The molecule has 1 amide bonds. The van der Waals surface area contributed by atoms with E-state index in [0.29, 0.717) is 0 Å². The van der Waals surface area contributed by atoms with Gasteiger partial charge in [-0.25, -0.2) is 8.42 Å². The van der Waals surface area contributed by atoms with Gasteiger partial charge in [-0.15, -0.1) is 5.10 Å². The predicted molar refractivity (Wildman–Crippen MR) is 65.9 cm³/mol. The molecule has 0 aromatic carbocycles. The van der Waals surface area contributed by atoms with Crippen molar-refractivity contribution in [3.05, 3.63) is 5.89 Å². The number of nitrogens with zero attached hydrogens (tertiary/aromatic N) is 2. The molecule has 0 unspecified atom stereocenters. The van der Waals surface area contributed by atoms with Crippen LogP contribution in [0.15, 0.2) is 9.64 Å². The molecule has 0 bridgehead atoms. The van der Waals surface area contributed by atoms with Crippen molar-refractivity contribution >= 4 is 15.7 Å². The van der Waals surface area contributed by atoms with Crippen LogP contribution in [0.3, 0.4) is 0 Å². The fourth-order valence-corrected chi connectivity index (χ4v) is 2.05. The van der Waals surface area contributed by atoms with Crippen LogP contribution >= 0.6 is 0 Å². The molecule has 0 aliphatic heterocycles. The van der Waals surface area contributed by atoms with Crippen molar-refractivity contribution in [3.63, 3.8) is 0 Å². The van der Waals surface area contributed by atoms with Gasteiger partial charge in [0, 0.05) is 12.2 Å². The lowest BCUT2D eigenvalue weighted by Gasteiger charge is -2.18. The van der Waals surface area contributed by atoms with Crippen molar-refractivity contribution in [2.45, 2.75) is 38.0 Å². The molecular formula is C11H17N3O4S. The minimum absolute atomic E-state index is 0.0237. The average Bonchev–Trinajstić information content (AvgIpc) is 3.01. The highest BCUT2D eigenvalue weighted by atomic mass is 32.2. The van der Waals surface area contributed by atoms with E-state index in [9.17, 15) is 13.2 Å². The van der Waals surface area contributed by atoms with Gasteiger partial charge in [-0.3, -0.25) is 4.79 Å². The van der Waals surface area contributed by atoms with Crippen LogP contribution in [-0.4, -0.2) is 30.8 Å². The van der Waals surface area contributed by atoms with Gasteiger partial charge in [0.1, 0.15) is 6.04 Å². The maximum absolute atomic E-state index is 11.8. The third-order valence-electron chi connectivity index (χ3n) is 2.92. The Bertz CT molecular complexity index is 575. The Balaban J connectivity index is 2.19. The van der Waals surface area contributed by atoms with E-state index in [2.05, 4.69) is 15.5 Å². The number of nitrogens with one attached hydrogen (secondary N) is 1. The molecular weight excluding hydrogens is 270 g/mol. The number of hydrogen-bond acceptors (Lipinski definition) is 6. The highest BCUT2D eigenvalue weighted by molar-refractivity contribution is 7.90. The summed E-state index contributed by atoms with van der Waals surface area (Å²) in [5.41, 5.74) is 0. The molecule has 106 valence electrons. The Kier molecular flexibility index (Phi) is 3.62. The van der Waals surface area contributed by atoms with E-state index in [-0.39, 0.29) is 23.6 Å². The largest absolute Gasteiger partial charge is 0.410 e. The molecule has 0 radical (unpaired) electrons. The smallest absolute Gasteiger partial charge is 0.335 e. The van der Waals surface area contributed by atoms with E-state index < -0.39 is 21.1 Å². The van der Waals surface area contributed by atoms with E-state index >= 15 is 0 Å². The van der Waals surface area contributed by atoms with Crippen molar-refractivity contribution in [2.24, 2.45) is 11.8 Å². The molecule has 1 aliphatic rings. The maximum atomic E-state index is 11.8. The summed E-state index contributed by atoms with van der Waals surface area (Å²) >= 11 is 0. The van der Waals surface area contributed by atoms with Gasteiger partial charge in [0.2, 0.25) is 21.6 Å². The fourth-order valence-electron chi connectivity index (χ4n) is 1.63. The topological polar surface area (TPSA) is 102 Å². The van der Waals surface area contributed by atoms with Crippen molar-refractivity contribution in [1.82, 2.24) is 15.5 Å². The number of sulfone groups is 1. The molecule has 0 spiro atoms. The average molecular weight is 287 g/mol. The van der Waals surface area contributed by atoms with Gasteiger partial charge >= 0.3 is 5.22 Å². The van der Waals surface area contributed by atoms with Crippen LogP contribution in [0, 0.1) is 11.8 Å². The Labute approximate surface area is 111 Å². The first-order chi connectivity index (χ1) is 8.79. The van der Waals surface area contributed by atoms with Gasteiger partial charge in [-0.05, 0) is 18.8 Å². The van der Waals surface area contributed by atoms with Crippen LogP contribution in [0.4, 0.5) is 0 Å². The van der Waals surface area contributed by atoms with Crippen LogP contribution in [0.5, 0.6) is 0 Å². The Hall–Kier alpha value is -1.44. The Morgan fingerprint density at radius 2 is 2.00 bits per heavy atom. The first-order valence-electron chi connectivity index (χ1n) is 6.13. The van der Waals surface area contributed by atoms with Gasteiger partial charge in [0.25, 0.3) is 0 Å². The van der Waals surface area contributed by atoms with Crippen LogP contribution in [-0.2, 0) is 14.6 Å². The standard InChI is InChI=1S/C11H17N3O4S/c1-6(2)8(12-9(15)7-4-5-7)10-13-14-11(18-10)19(3,16)17/h6-8H,4-5H2,1-3H3,(H,12,15)/t8-/m0/s1. The Morgan fingerprint density at radius 1 is 1.37 bits per heavy atom. The molecule has 1 heterocycles. The van der Waals surface area contributed by atoms with Gasteiger partial charge in [-0.2, -0.15) is 0 Å². The number of rotatable bonds is 5. The van der Waals surface area contributed by atoms with Crippen LogP contribution in [0.25, 0.3) is 0 Å². The number of hydrogen-bond donors (Lipinski definition) is 1. The summed E-state index contributed by atoms with van der Waals surface area (Å²) < 4.78 is 27.7. The molecule has 1 aromatic rings. The van der Waals surface area contributed by atoms with Crippen LogP contribution in [0.1, 0.15) is 38.6 Å². The quantitative estimate of drug-likeness (QED) is 0.855. The molecule has 1 aliphatic carbocycles. The van der Waals surface area contributed by atoms with Gasteiger partial charge < -0.3 is 9.73 Å². The SMILES string of the molecule is CC(C)[C@H](NC(=O)C1CC1)c1nnc(S(C)(=O)=O)o1. The number of carbonyl (C=O) groups is 1. The zero-order valence-electron chi connectivity index (χ0n) is 11.1. The number of amides is 1. The minimum atomic E-state index is -3.53. The van der Waals surface area contributed by atoms with E-state index in [1.54, 1.807) is 0 Å². The van der Waals surface area contributed by atoms with Crippen LogP contribution < -0.4 is 5.32 Å². The lowest BCUT2D eigenvalue weighted by Crippen LogP contribution is -2.33. The second-order valence-corrected chi connectivity index (χ2v) is 7.08. The first-order valence-corrected chi connectivity index (χ1v) is 8.02. The zero-order valence-corrected chi connectivity index (χ0v) is 11.9. The highest BCUT2D eigenvalue weighted by Crippen LogP contribution is 2.31. The summed E-state index contributed by atoms with van der Waals surface area (Å²) in [6, 6.07) is -0.462. The molecule has 8 heteroatoms. The van der Waals surface area contributed by atoms with Crippen molar-refractivity contribution in [1.29, 1.82) is 0 Å². The molecule has 1 aromatic heterocycles. The number of aromatic nitrogens is 2. The van der Waals surface area contributed by atoms with Gasteiger partial charge in [0.05, 0.1) is 0 Å². The second kappa shape index (κ2) is 4.92. The molecule has 1 atom stereocenters. The molecule has 0 saturated heterocycles. The first kappa shape index (κ1) is 14.0. The van der Waals surface area contributed by atoms with Crippen molar-refractivity contribution < 1.29 is 17.6 Å². The molecule has 19 heavy (non-hydrogen) atoms. The second-order valence-electron chi connectivity index (χ2n) is 5.18. The summed E-state index contributed by atoms with van der Waals surface area (Å²) in [4.78, 5) is 11.8. The lowest BCUT2D eigenvalue weighted by molar-refractivity contribution is -0.123. The number of carbonyl (C=O) groups excluding carboxylic acids is 1. The summed E-state index contributed by atoms with van der Waals surface area (Å²) in [5.74, 6) is 0.177. The highest BCUT2D eigenvalue weighted by Gasteiger charge is 2.34. The van der Waals surface area contributed by atoms with E-state index in [4.69, 9.17) is 4.42 Å².